The van der Waals surface area contributed by atoms with Crippen molar-refractivity contribution in [1.29, 1.82) is 0 Å². The number of thiazole rings is 1. The third-order valence-electron chi connectivity index (χ3n) is 3.13. The molecule has 0 fully saturated rings. The lowest BCUT2D eigenvalue weighted by molar-refractivity contribution is 0.215. The Bertz CT molecular complexity index is 571. The third-order valence-corrected chi connectivity index (χ3v) is 4.07. The second-order valence-corrected chi connectivity index (χ2v) is 5.70. The van der Waals surface area contributed by atoms with Crippen LogP contribution in [0, 0.1) is 6.92 Å². The molecule has 2 aromatic rings. The molecule has 0 saturated heterocycles. The highest BCUT2D eigenvalue weighted by molar-refractivity contribution is 7.09. The van der Waals surface area contributed by atoms with Gasteiger partial charge < -0.3 is 15.7 Å². The summed E-state index contributed by atoms with van der Waals surface area (Å²) in [6.07, 6.45) is 0.602. The summed E-state index contributed by atoms with van der Waals surface area (Å²) in [6.45, 7) is 2.27. The van der Waals surface area contributed by atoms with Gasteiger partial charge in [-0.3, -0.25) is 0 Å². The van der Waals surface area contributed by atoms with Crippen molar-refractivity contribution in [2.75, 3.05) is 6.61 Å². The normalized spacial score (nSPS) is 11.9. The second-order valence-electron chi connectivity index (χ2n) is 4.76. The monoisotopic (exact) mass is 305 g/mol. The highest BCUT2D eigenvalue weighted by Crippen LogP contribution is 2.11. The largest absolute Gasteiger partial charge is 0.394 e. The fourth-order valence-electron chi connectivity index (χ4n) is 1.95. The van der Waals surface area contributed by atoms with Gasteiger partial charge in [0.1, 0.15) is 0 Å². The van der Waals surface area contributed by atoms with Crippen molar-refractivity contribution in [2.45, 2.75) is 25.9 Å². The van der Waals surface area contributed by atoms with Crippen LogP contribution in [0.15, 0.2) is 35.8 Å². The van der Waals surface area contributed by atoms with Crippen LogP contribution in [0.25, 0.3) is 0 Å². The molecule has 1 atom stereocenters. The van der Waals surface area contributed by atoms with Crippen molar-refractivity contribution in [3.63, 3.8) is 0 Å². The summed E-state index contributed by atoms with van der Waals surface area (Å²) in [5.74, 6) is 0. The van der Waals surface area contributed by atoms with Crippen LogP contribution in [-0.4, -0.2) is 28.8 Å². The number of aromatic nitrogens is 1. The average Bonchev–Trinajstić information content (AvgIpc) is 2.91. The van der Waals surface area contributed by atoms with Gasteiger partial charge in [-0.25, -0.2) is 9.78 Å². The topological polar surface area (TPSA) is 74.2 Å². The van der Waals surface area contributed by atoms with E-state index in [-0.39, 0.29) is 18.7 Å². The maximum Gasteiger partial charge on any atom is 0.315 e. The Morgan fingerprint density at radius 3 is 2.76 bits per heavy atom. The van der Waals surface area contributed by atoms with Crippen LogP contribution in [0.5, 0.6) is 0 Å². The van der Waals surface area contributed by atoms with E-state index in [1.54, 1.807) is 5.51 Å². The van der Waals surface area contributed by atoms with Gasteiger partial charge in [0.2, 0.25) is 0 Å². The quantitative estimate of drug-likeness (QED) is 0.762. The molecule has 0 aliphatic heterocycles. The van der Waals surface area contributed by atoms with Gasteiger partial charge in [0.25, 0.3) is 0 Å². The number of urea groups is 1. The summed E-state index contributed by atoms with van der Waals surface area (Å²) >= 11 is 1.52. The predicted octanol–water partition coefficient (Wildman–Crippen LogP) is 1.85. The molecule has 0 aliphatic carbocycles. The van der Waals surface area contributed by atoms with Crippen LogP contribution in [0.2, 0.25) is 0 Å². The molecule has 2 rings (SSSR count). The van der Waals surface area contributed by atoms with Crippen molar-refractivity contribution in [2.24, 2.45) is 0 Å². The highest BCUT2D eigenvalue weighted by atomic mass is 32.1. The van der Waals surface area contributed by atoms with E-state index in [0.717, 1.165) is 16.1 Å². The summed E-state index contributed by atoms with van der Waals surface area (Å²) in [6, 6.07) is 9.20. The molecule has 3 N–H and O–H groups in total. The van der Waals surface area contributed by atoms with Gasteiger partial charge in [-0.1, -0.05) is 30.3 Å². The Kier molecular flexibility index (Phi) is 5.71. The van der Waals surface area contributed by atoms with Crippen LogP contribution < -0.4 is 10.6 Å². The van der Waals surface area contributed by atoms with E-state index in [9.17, 15) is 9.90 Å². The van der Waals surface area contributed by atoms with Crippen LogP contribution >= 0.6 is 11.3 Å². The first kappa shape index (κ1) is 15.5. The molecule has 0 aliphatic rings. The standard InChI is InChI=1S/C15H19N3O2S/c1-11-14(21-10-17-11)8-16-15(20)18-13(9-19)7-12-5-3-2-4-6-12/h2-6,10,13,19H,7-9H2,1H3,(H2,16,18,20). The fraction of sp³-hybridized carbons (Fsp3) is 0.333. The summed E-state index contributed by atoms with van der Waals surface area (Å²) in [5, 5.41) is 14.9. The second kappa shape index (κ2) is 7.75. The van der Waals surface area contributed by atoms with E-state index in [2.05, 4.69) is 15.6 Å². The van der Waals surface area contributed by atoms with Crippen LogP contribution in [0.1, 0.15) is 16.1 Å². The zero-order chi connectivity index (χ0) is 15.1. The summed E-state index contributed by atoms with van der Waals surface area (Å²) < 4.78 is 0. The molecule has 1 aromatic heterocycles. The Morgan fingerprint density at radius 1 is 1.38 bits per heavy atom. The number of rotatable bonds is 6. The minimum atomic E-state index is -0.296. The van der Waals surface area contributed by atoms with Gasteiger partial charge >= 0.3 is 6.03 Å². The maximum absolute atomic E-state index is 11.9. The lowest BCUT2D eigenvalue weighted by Gasteiger charge is -2.16. The molecular formula is C15H19N3O2S. The smallest absolute Gasteiger partial charge is 0.315 e. The zero-order valence-electron chi connectivity index (χ0n) is 11.9. The number of benzene rings is 1. The van der Waals surface area contributed by atoms with Crippen molar-refractivity contribution >= 4 is 17.4 Å². The minimum Gasteiger partial charge on any atom is -0.394 e. The number of nitrogens with zero attached hydrogens (tertiary/aromatic N) is 1. The molecule has 5 nitrogen and oxygen atoms in total. The van der Waals surface area contributed by atoms with E-state index in [0.29, 0.717) is 13.0 Å². The average molecular weight is 305 g/mol. The minimum absolute atomic E-state index is 0.0953. The molecule has 1 heterocycles. The number of hydrogen-bond donors (Lipinski definition) is 3. The van der Waals surface area contributed by atoms with Crippen molar-refractivity contribution in [3.05, 3.63) is 52.0 Å². The maximum atomic E-state index is 11.9. The molecule has 21 heavy (non-hydrogen) atoms. The Hall–Kier alpha value is -1.92. The zero-order valence-corrected chi connectivity index (χ0v) is 12.7. The predicted molar refractivity (Wildman–Crippen MR) is 83.2 cm³/mol. The first-order chi connectivity index (χ1) is 10.2. The van der Waals surface area contributed by atoms with Crippen LogP contribution in [0.3, 0.4) is 0 Å². The van der Waals surface area contributed by atoms with Gasteiger partial charge in [0.05, 0.1) is 30.4 Å². The molecule has 112 valence electrons. The van der Waals surface area contributed by atoms with Gasteiger partial charge in [0.15, 0.2) is 0 Å². The number of carbonyl (C=O) groups is 1. The number of carbonyl (C=O) groups excluding carboxylic acids is 1. The molecule has 1 aromatic carbocycles. The molecule has 0 bridgehead atoms. The van der Waals surface area contributed by atoms with E-state index in [1.165, 1.54) is 11.3 Å². The molecule has 6 heteroatoms. The first-order valence-corrected chi connectivity index (χ1v) is 7.65. The van der Waals surface area contributed by atoms with Gasteiger partial charge in [-0.15, -0.1) is 11.3 Å². The third kappa shape index (κ3) is 4.84. The number of amides is 2. The Balaban J connectivity index is 1.81. The van der Waals surface area contributed by atoms with Gasteiger partial charge in [0, 0.05) is 4.88 Å². The van der Waals surface area contributed by atoms with Crippen molar-refractivity contribution in [1.82, 2.24) is 15.6 Å². The van der Waals surface area contributed by atoms with E-state index >= 15 is 0 Å². The summed E-state index contributed by atoms with van der Waals surface area (Å²) in [5.41, 5.74) is 3.77. The SMILES string of the molecule is Cc1ncsc1CNC(=O)NC(CO)Cc1ccccc1. The van der Waals surface area contributed by atoms with Crippen LogP contribution in [-0.2, 0) is 13.0 Å². The lowest BCUT2D eigenvalue weighted by atomic mass is 10.1. The molecule has 1 unspecified atom stereocenters. The molecule has 0 radical (unpaired) electrons. The number of aliphatic hydroxyl groups is 1. The number of nitrogens with one attached hydrogen (secondary N) is 2. The van der Waals surface area contributed by atoms with Crippen molar-refractivity contribution in [3.8, 4) is 0 Å². The number of aryl methyl sites for hydroxylation is 1. The van der Waals surface area contributed by atoms with E-state index in [4.69, 9.17) is 0 Å². The molecule has 0 spiro atoms. The Labute approximate surface area is 128 Å². The van der Waals surface area contributed by atoms with E-state index in [1.807, 2.05) is 37.3 Å². The van der Waals surface area contributed by atoms with Crippen LogP contribution in [0.4, 0.5) is 4.79 Å². The van der Waals surface area contributed by atoms with E-state index < -0.39 is 0 Å². The van der Waals surface area contributed by atoms with Crippen molar-refractivity contribution < 1.29 is 9.90 Å². The number of aliphatic hydroxyl groups excluding tert-OH is 1. The van der Waals surface area contributed by atoms with Gasteiger partial charge in [-0.2, -0.15) is 0 Å². The van der Waals surface area contributed by atoms with Gasteiger partial charge in [-0.05, 0) is 18.9 Å². The summed E-state index contributed by atoms with van der Waals surface area (Å²) in [4.78, 5) is 17.0. The first-order valence-electron chi connectivity index (χ1n) is 6.77. The summed E-state index contributed by atoms with van der Waals surface area (Å²) in [7, 11) is 0. The lowest BCUT2D eigenvalue weighted by Crippen LogP contribution is -2.44. The molecule has 0 saturated carbocycles. The fourth-order valence-corrected chi connectivity index (χ4v) is 2.67. The molecule has 2 amide bonds. The number of hydrogen-bond acceptors (Lipinski definition) is 4. The molecular weight excluding hydrogens is 286 g/mol. The highest BCUT2D eigenvalue weighted by Gasteiger charge is 2.12. The Morgan fingerprint density at radius 2 is 2.14 bits per heavy atom.